The summed E-state index contributed by atoms with van der Waals surface area (Å²) in [5.41, 5.74) is 1.87. The lowest BCUT2D eigenvalue weighted by molar-refractivity contribution is -1.02. The minimum absolute atomic E-state index is 0.0345. The molecule has 1 heterocycles. The van der Waals surface area contributed by atoms with Crippen molar-refractivity contribution in [2.45, 2.75) is 6.54 Å². The number of methoxy groups -OCH3 is 1. The number of carbonyl (C=O) groups is 1. The van der Waals surface area contributed by atoms with E-state index < -0.39 is 0 Å². The molecule has 7 heteroatoms. The van der Waals surface area contributed by atoms with Crippen LogP contribution in [0.25, 0.3) is 0 Å². The van der Waals surface area contributed by atoms with Gasteiger partial charge in [-0.15, -0.1) is 0 Å². The van der Waals surface area contributed by atoms with Crippen LogP contribution in [0.2, 0.25) is 10.0 Å². The van der Waals surface area contributed by atoms with Gasteiger partial charge in [0.05, 0.1) is 17.8 Å². The molecule has 27 heavy (non-hydrogen) atoms. The van der Waals surface area contributed by atoms with Crippen LogP contribution in [0.3, 0.4) is 0 Å². The molecule has 1 aliphatic rings. The predicted molar refractivity (Wildman–Crippen MR) is 108 cm³/mol. The van der Waals surface area contributed by atoms with E-state index in [2.05, 4.69) is 17.4 Å². The first-order chi connectivity index (χ1) is 13.0. The van der Waals surface area contributed by atoms with Crippen LogP contribution in [-0.2, 0) is 11.3 Å². The van der Waals surface area contributed by atoms with E-state index in [1.54, 1.807) is 30.2 Å². The molecule has 0 atom stereocenters. The van der Waals surface area contributed by atoms with Crippen LogP contribution in [0.1, 0.15) is 5.56 Å². The maximum atomic E-state index is 12.3. The van der Waals surface area contributed by atoms with Crippen molar-refractivity contribution in [3.05, 3.63) is 58.1 Å². The number of amides is 1. The summed E-state index contributed by atoms with van der Waals surface area (Å²) in [5, 5.41) is 3.92. The van der Waals surface area contributed by atoms with Gasteiger partial charge in [-0.3, -0.25) is 4.79 Å². The molecule has 2 aromatic rings. The van der Waals surface area contributed by atoms with E-state index in [4.69, 9.17) is 27.9 Å². The Kier molecular flexibility index (Phi) is 6.96. The normalized spacial score (nSPS) is 19.5. The number of benzene rings is 2. The zero-order chi connectivity index (χ0) is 19.2. The smallest absolute Gasteiger partial charge is 0.279 e. The topological polar surface area (TPSA) is 47.2 Å². The third-order valence-corrected chi connectivity index (χ3v) is 5.46. The molecule has 3 rings (SSSR count). The fourth-order valence-corrected chi connectivity index (χ4v) is 3.69. The molecule has 0 radical (unpaired) electrons. The molecular weight excluding hydrogens is 385 g/mol. The van der Waals surface area contributed by atoms with E-state index in [-0.39, 0.29) is 5.91 Å². The fourth-order valence-electron chi connectivity index (χ4n) is 3.36. The minimum atomic E-state index is -0.0345. The van der Waals surface area contributed by atoms with Gasteiger partial charge >= 0.3 is 0 Å². The zero-order valence-electron chi connectivity index (χ0n) is 15.4. The Hall–Kier alpha value is -1.79. The summed E-state index contributed by atoms with van der Waals surface area (Å²) in [4.78, 5) is 15.2. The lowest BCUT2D eigenvalue weighted by atomic mass is 10.2. The SMILES string of the molecule is COc1ccc(C[NH+]2CC[NH+](CC(=O)Nc3cc(Cl)ccc3Cl)CC2)cc1. The molecule has 1 aliphatic heterocycles. The van der Waals surface area contributed by atoms with Gasteiger partial charge in [-0.2, -0.15) is 0 Å². The quantitative estimate of drug-likeness (QED) is 0.664. The third kappa shape index (κ3) is 5.84. The van der Waals surface area contributed by atoms with Gasteiger partial charge in [-0.1, -0.05) is 23.2 Å². The van der Waals surface area contributed by atoms with Gasteiger partial charge in [0.1, 0.15) is 38.5 Å². The highest BCUT2D eigenvalue weighted by atomic mass is 35.5. The average molecular weight is 410 g/mol. The van der Waals surface area contributed by atoms with Crippen molar-refractivity contribution in [1.29, 1.82) is 0 Å². The lowest BCUT2D eigenvalue weighted by Gasteiger charge is -2.29. The van der Waals surface area contributed by atoms with Crippen LogP contribution in [0.5, 0.6) is 5.75 Å². The molecule has 1 saturated heterocycles. The molecule has 0 aromatic heterocycles. The molecule has 0 aliphatic carbocycles. The van der Waals surface area contributed by atoms with E-state index in [9.17, 15) is 4.79 Å². The molecule has 0 bridgehead atoms. The maximum Gasteiger partial charge on any atom is 0.279 e. The highest BCUT2D eigenvalue weighted by Crippen LogP contribution is 2.25. The second-order valence-corrected chi connectivity index (χ2v) is 7.72. The standard InChI is InChI=1S/C20H23Cl2N3O2/c1-27-17-5-2-15(3-6-17)13-24-8-10-25(11-9-24)14-20(26)23-19-12-16(21)4-7-18(19)22/h2-7,12H,8-11,13-14H2,1H3,(H,23,26)/p+2. The van der Waals surface area contributed by atoms with E-state index in [0.717, 1.165) is 38.5 Å². The summed E-state index contributed by atoms with van der Waals surface area (Å²) in [7, 11) is 1.68. The molecule has 0 unspecified atom stereocenters. The summed E-state index contributed by atoms with van der Waals surface area (Å²) >= 11 is 12.1. The first-order valence-corrected chi connectivity index (χ1v) is 9.84. The van der Waals surface area contributed by atoms with Crippen LogP contribution in [0, 0.1) is 0 Å². The van der Waals surface area contributed by atoms with E-state index in [1.807, 2.05) is 12.1 Å². The first-order valence-electron chi connectivity index (χ1n) is 9.08. The van der Waals surface area contributed by atoms with Crippen molar-refractivity contribution in [3.63, 3.8) is 0 Å². The number of rotatable bonds is 6. The van der Waals surface area contributed by atoms with Crippen molar-refractivity contribution in [1.82, 2.24) is 0 Å². The van der Waals surface area contributed by atoms with Crippen LogP contribution < -0.4 is 19.9 Å². The number of quaternary nitrogens is 2. The van der Waals surface area contributed by atoms with Crippen molar-refractivity contribution in [2.24, 2.45) is 0 Å². The number of piperazine rings is 1. The number of halogens is 2. The summed E-state index contributed by atoms with van der Waals surface area (Å²) in [6.45, 7) is 5.49. The summed E-state index contributed by atoms with van der Waals surface area (Å²) in [6.07, 6.45) is 0. The molecule has 1 amide bonds. The van der Waals surface area contributed by atoms with E-state index >= 15 is 0 Å². The van der Waals surface area contributed by atoms with Crippen LogP contribution >= 0.6 is 23.2 Å². The Labute approximate surface area is 169 Å². The van der Waals surface area contributed by atoms with Gasteiger partial charge in [0.15, 0.2) is 6.54 Å². The van der Waals surface area contributed by atoms with Gasteiger partial charge in [-0.25, -0.2) is 0 Å². The molecule has 0 spiro atoms. The molecule has 3 N–H and O–H groups in total. The molecule has 144 valence electrons. The summed E-state index contributed by atoms with van der Waals surface area (Å²) in [6, 6.07) is 13.3. The Morgan fingerprint density at radius 1 is 1.04 bits per heavy atom. The Bertz CT molecular complexity index is 775. The van der Waals surface area contributed by atoms with Gasteiger partial charge in [0, 0.05) is 10.6 Å². The largest absolute Gasteiger partial charge is 0.497 e. The van der Waals surface area contributed by atoms with Gasteiger partial charge in [0.2, 0.25) is 0 Å². The number of nitrogens with one attached hydrogen (secondary N) is 3. The fraction of sp³-hybridized carbons (Fsp3) is 0.350. The maximum absolute atomic E-state index is 12.3. The van der Waals surface area contributed by atoms with Crippen molar-refractivity contribution >= 4 is 34.8 Å². The van der Waals surface area contributed by atoms with Crippen molar-refractivity contribution < 1.29 is 19.3 Å². The second-order valence-electron chi connectivity index (χ2n) is 6.87. The van der Waals surface area contributed by atoms with Gasteiger partial charge in [0.25, 0.3) is 5.91 Å². The predicted octanol–water partition coefficient (Wildman–Crippen LogP) is 0.924. The number of carbonyl (C=O) groups excluding carboxylic acids is 1. The van der Waals surface area contributed by atoms with Crippen LogP contribution in [0.4, 0.5) is 5.69 Å². The average Bonchev–Trinajstić information content (AvgIpc) is 2.67. The zero-order valence-corrected chi connectivity index (χ0v) is 16.9. The number of anilines is 1. The van der Waals surface area contributed by atoms with Gasteiger partial charge in [-0.05, 0) is 42.5 Å². The highest BCUT2D eigenvalue weighted by Gasteiger charge is 2.25. The van der Waals surface area contributed by atoms with Gasteiger partial charge < -0.3 is 19.9 Å². The Morgan fingerprint density at radius 2 is 1.70 bits per heavy atom. The summed E-state index contributed by atoms with van der Waals surface area (Å²) < 4.78 is 5.20. The molecule has 5 nitrogen and oxygen atoms in total. The number of hydrogen-bond donors (Lipinski definition) is 3. The molecular formula is C20H25Cl2N3O2+2. The minimum Gasteiger partial charge on any atom is -0.497 e. The van der Waals surface area contributed by atoms with Crippen LogP contribution in [-0.4, -0.2) is 45.7 Å². The first kappa shape index (κ1) is 20.0. The van der Waals surface area contributed by atoms with E-state index in [0.29, 0.717) is 22.3 Å². The molecule has 0 saturated carbocycles. The summed E-state index contributed by atoms with van der Waals surface area (Å²) in [5.74, 6) is 0.849. The molecule has 1 fully saturated rings. The number of hydrogen-bond acceptors (Lipinski definition) is 2. The van der Waals surface area contributed by atoms with Crippen molar-refractivity contribution in [2.75, 3.05) is 45.2 Å². The second kappa shape index (κ2) is 9.42. The number of ether oxygens (including phenoxy) is 1. The highest BCUT2D eigenvalue weighted by molar-refractivity contribution is 6.35. The monoisotopic (exact) mass is 409 g/mol. The van der Waals surface area contributed by atoms with E-state index in [1.165, 1.54) is 10.5 Å². The third-order valence-electron chi connectivity index (χ3n) is 4.89. The lowest BCUT2D eigenvalue weighted by Crippen LogP contribution is -3.28. The Morgan fingerprint density at radius 3 is 2.37 bits per heavy atom. The molecule has 2 aromatic carbocycles. The van der Waals surface area contributed by atoms with Crippen molar-refractivity contribution in [3.8, 4) is 5.75 Å². The Balaban J connectivity index is 1.44. The van der Waals surface area contributed by atoms with Crippen LogP contribution in [0.15, 0.2) is 42.5 Å².